The van der Waals surface area contributed by atoms with Crippen LogP contribution in [0.5, 0.6) is 0 Å². The second-order valence-electron chi connectivity index (χ2n) is 5.56. The molecule has 0 aliphatic rings. The van der Waals surface area contributed by atoms with E-state index < -0.39 is 0 Å². The highest BCUT2D eigenvalue weighted by Crippen LogP contribution is 2.24. The van der Waals surface area contributed by atoms with Crippen LogP contribution in [0.2, 0.25) is 0 Å². The van der Waals surface area contributed by atoms with Gasteiger partial charge in [0.2, 0.25) is 0 Å². The Labute approximate surface area is 132 Å². The molecule has 2 heterocycles. The van der Waals surface area contributed by atoms with Gasteiger partial charge in [0.1, 0.15) is 11.6 Å². The van der Waals surface area contributed by atoms with Crippen LogP contribution < -0.4 is 0 Å². The van der Waals surface area contributed by atoms with Crippen LogP contribution in [0.4, 0.5) is 4.39 Å². The fraction of sp³-hybridized carbons (Fsp3) is 0.111. The number of halogens is 1. The van der Waals surface area contributed by atoms with Crippen molar-refractivity contribution in [3.63, 3.8) is 0 Å². The number of fused-ring (bicyclic) bond motifs is 1. The lowest BCUT2D eigenvalue weighted by molar-refractivity contribution is 0.628. The minimum atomic E-state index is -0.261. The Bertz CT molecular complexity index is 951. The van der Waals surface area contributed by atoms with Crippen molar-refractivity contribution in [1.29, 1.82) is 0 Å². The van der Waals surface area contributed by atoms with E-state index in [0.717, 1.165) is 33.7 Å². The number of nitrogens with one attached hydrogen (secondary N) is 1. The summed E-state index contributed by atoms with van der Waals surface area (Å²) in [6.07, 6.45) is 2.57. The molecule has 1 N–H and O–H groups in total. The molecule has 0 aliphatic carbocycles. The first-order valence-electron chi connectivity index (χ1n) is 7.41. The van der Waals surface area contributed by atoms with Crippen molar-refractivity contribution < 1.29 is 4.39 Å². The Balaban J connectivity index is 1.74. The number of hydrogen-bond acceptors (Lipinski definition) is 2. The number of imidazole rings is 1. The lowest BCUT2D eigenvalue weighted by Gasteiger charge is -2.01. The Hall–Kier alpha value is -2.95. The van der Waals surface area contributed by atoms with Gasteiger partial charge in [0, 0.05) is 30.8 Å². The first-order valence-corrected chi connectivity index (χ1v) is 7.41. The first kappa shape index (κ1) is 13.7. The van der Waals surface area contributed by atoms with Gasteiger partial charge in [-0.3, -0.25) is 4.68 Å². The van der Waals surface area contributed by atoms with Crippen molar-refractivity contribution in [1.82, 2.24) is 19.7 Å². The Morgan fingerprint density at radius 2 is 2.00 bits per heavy atom. The molecule has 2 aromatic carbocycles. The largest absolute Gasteiger partial charge is 0.342 e. The van der Waals surface area contributed by atoms with Crippen LogP contribution in [0, 0.1) is 5.82 Å². The number of para-hydroxylation sites is 2. The van der Waals surface area contributed by atoms with Crippen LogP contribution in [-0.4, -0.2) is 19.7 Å². The zero-order valence-electron chi connectivity index (χ0n) is 12.6. The number of aryl methyl sites for hydroxylation is 1. The molecule has 0 saturated carbocycles. The van der Waals surface area contributed by atoms with Gasteiger partial charge in [-0.1, -0.05) is 24.3 Å². The molecule has 114 valence electrons. The van der Waals surface area contributed by atoms with E-state index >= 15 is 0 Å². The molecule has 23 heavy (non-hydrogen) atoms. The van der Waals surface area contributed by atoms with Gasteiger partial charge >= 0.3 is 0 Å². The summed E-state index contributed by atoms with van der Waals surface area (Å²) < 4.78 is 15.3. The summed E-state index contributed by atoms with van der Waals surface area (Å²) in [6.45, 7) is 0. The maximum absolute atomic E-state index is 13.5. The molecule has 4 aromatic rings. The highest BCUT2D eigenvalue weighted by atomic mass is 19.1. The molecule has 0 radical (unpaired) electrons. The van der Waals surface area contributed by atoms with Crippen LogP contribution in [0.25, 0.3) is 22.3 Å². The van der Waals surface area contributed by atoms with E-state index in [1.54, 1.807) is 10.7 Å². The van der Waals surface area contributed by atoms with E-state index in [2.05, 4.69) is 15.1 Å². The third kappa shape index (κ3) is 2.61. The van der Waals surface area contributed by atoms with Crippen LogP contribution in [0.3, 0.4) is 0 Å². The topological polar surface area (TPSA) is 46.5 Å². The van der Waals surface area contributed by atoms with Gasteiger partial charge < -0.3 is 4.98 Å². The summed E-state index contributed by atoms with van der Waals surface area (Å²) in [6, 6.07) is 14.4. The van der Waals surface area contributed by atoms with Gasteiger partial charge in [0.15, 0.2) is 0 Å². The molecule has 0 amide bonds. The fourth-order valence-electron chi connectivity index (χ4n) is 2.82. The second kappa shape index (κ2) is 5.35. The van der Waals surface area contributed by atoms with Crippen molar-refractivity contribution in [2.75, 3.05) is 0 Å². The van der Waals surface area contributed by atoms with E-state index in [-0.39, 0.29) is 5.82 Å². The third-order valence-corrected chi connectivity index (χ3v) is 3.80. The molecule has 0 aliphatic heterocycles. The maximum Gasteiger partial charge on any atom is 0.123 e. The summed E-state index contributed by atoms with van der Waals surface area (Å²) in [4.78, 5) is 7.92. The average molecular weight is 306 g/mol. The summed E-state index contributed by atoms with van der Waals surface area (Å²) in [5, 5.41) is 4.48. The smallest absolute Gasteiger partial charge is 0.123 e. The molecule has 0 spiro atoms. The third-order valence-electron chi connectivity index (χ3n) is 3.80. The van der Waals surface area contributed by atoms with E-state index in [0.29, 0.717) is 6.42 Å². The molecule has 0 unspecified atom stereocenters. The van der Waals surface area contributed by atoms with Gasteiger partial charge in [-0.15, -0.1) is 0 Å². The van der Waals surface area contributed by atoms with Crippen LogP contribution in [-0.2, 0) is 13.5 Å². The van der Waals surface area contributed by atoms with E-state index in [4.69, 9.17) is 0 Å². The van der Waals surface area contributed by atoms with Gasteiger partial charge in [-0.05, 0) is 24.3 Å². The normalized spacial score (nSPS) is 11.2. The summed E-state index contributed by atoms with van der Waals surface area (Å²) in [7, 11) is 1.87. The van der Waals surface area contributed by atoms with Gasteiger partial charge in [0.05, 0.1) is 16.7 Å². The monoisotopic (exact) mass is 306 g/mol. The predicted molar refractivity (Wildman–Crippen MR) is 87.5 cm³/mol. The lowest BCUT2D eigenvalue weighted by Crippen LogP contribution is -1.92. The van der Waals surface area contributed by atoms with E-state index in [9.17, 15) is 4.39 Å². The Kier molecular flexibility index (Phi) is 3.19. The van der Waals surface area contributed by atoms with Crippen LogP contribution in [0.1, 0.15) is 11.4 Å². The highest BCUT2D eigenvalue weighted by Gasteiger charge is 2.13. The molecular weight excluding hydrogens is 291 g/mol. The van der Waals surface area contributed by atoms with Crippen molar-refractivity contribution in [2.24, 2.45) is 7.05 Å². The molecule has 0 saturated heterocycles. The predicted octanol–water partition coefficient (Wildman–Crippen LogP) is 3.69. The van der Waals surface area contributed by atoms with Gasteiger partial charge in [-0.2, -0.15) is 5.10 Å². The lowest BCUT2D eigenvalue weighted by atomic mass is 10.1. The number of aromatic nitrogens is 4. The Morgan fingerprint density at radius 3 is 2.83 bits per heavy atom. The van der Waals surface area contributed by atoms with Crippen molar-refractivity contribution in [3.05, 3.63) is 71.9 Å². The number of H-pyrrole nitrogens is 1. The fourth-order valence-corrected chi connectivity index (χ4v) is 2.82. The van der Waals surface area contributed by atoms with Crippen LogP contribution in [0.15, 0.2) is 54.7 Å². The molecule has 0 fully saturated rings. The number of benzene rings is 2. The average Bonchev–Trinajstić information content (AvgIpc) is 3.10. The maximum atomic E-state index is 13.5. The zero-order valence-corrected chi connectivity index (χ0v) is 12.6. The summed E-state index contributed by atoms with van der Waals surface area (Å²) >= 11 is 0. The van der Waals surface area contributed by atoms with Crippen molar-refractivity contribution in [2.45, 2.75) is 6.42 Å². The molecule has 0 atom stereocenters. The number of hydrogen-bond donors (Lipinski definition) is 1. The zero-order chi connectivity index (χ0) is 15.8. The van der Waals surface area contributed by atoms with E-state index in [1.807, 2.05) is 43.6 Å². The van der Waals surface area contributed by atoms with E-state index in [1.165, 1.54) is 12.1 Å². The standard InChI is InChI=1S/C18H15FN4/c1-23-11-13(18(22-23)12-5-4-6-14(19)9-12)10-17-20-15-7-2-3-8-16(15)21-17/h2-9,11H,10H2,1H3,(H,20,21). The molecule has 0 bridgehead atoms. The molecule has 4 nitrogen and oxygen atoms in total. The molecule has 5 heteroatoms. The number of rotatable bonds is 3. The van der Waals surface area contributed by atoms with Crippen LogP contribution >= 0.6 is 0 Å². The summed E-state index contributed by atoms with van der Waals surface area (Å²) in [5.74, 6) is 0.611. The summed E-state index contributed by atoms with van der Waals surface area (Å²) in [5.41, 5.74) is 4.53. The molecule has 4 rings (SSSR count). The SMILES string of the molecule is Cn1cc(Cc2nc3ccccc3[nH]2)c(-c2cccc(F)c2)n1. The number of aromatic amines is 1. The molecular formula is C18H15FN4. The van der Waals surface area contributed by atoms with Crippen molar-refractivity contribution in [3.8, 4) is 11.3 Å². The second-order valence-corrected chi connectivity index (χ2v) is 5.56. The minimum absolute atomic E-state index is 0.261. The van der Waals surface area contributed by atoms with Gasteiger partial charge in [0.25, 0.3) is 0 Å². The van der Waals surface area contributed by atoms with Gasteiger partial charge in [-0.25, -0.2) is 9.37 Å². The number of nitrogens with zero attached hydrogens (tertiary/aromatic N) is 3. The molecule has 2 aromatic heterocycles. The first-order chi connectivity index (χ1) is 11.2. The quantitative estimate of drug-likeness (QED) is 0.627. The Morgan fingerprint density at radius 1 is 1.13 bits per heavy atom. The highest BCUT2D eigenvalue weighted by molar-refractivity contribution is 5.75. The minimum Gasteiger partial charge on any atom is -0.342 e. The van der Waals surface area contributed by atoms with Crippen molar-refractivity contribution >= 4 is 11.0 Å².